The maximum Gasteiger partial charge on any atom is 0.471 e. The normalized spacial score (nSPS) is 11.8. The first kappa shape index (κ1) is 13.3. The molecule has 8 heteroatoms. The molecule has 3 rings (SSSR count). The van der Waals surface area contributed by atoms with Crippen molar-refractivity contribution in [3.05, 3.63) is 54.2 Å². The molecule has 108 valence electrons. The Morgan fingerprint density at radius 2 is 1.90 bits per heavy atom. The Morgan fingerprint density at radius 3 is 2.48 bits per heavy atom. The lowest BCUT2D eigenvalue weighted by Crippen LogP contribution is -2.04. The molecule has 0 saturated carbocycles. The highest BCUT2D eigenvalue weighted by molar-refractivity contribution is 5.54. The summed E-state index contributed by atoms with van der Waals surface area (Å²) < 4.78 is 43.1. The van der Waals surface area contributed by atoms with Crippen molar-refractivity contribution < 1.29 is 17.7 Å². The second-order valence-corrected chi connectivity index (χ2v) is 4.32. The molecule has 0 N–H and O–H groups in total. The van der Waals surface area contributed by atoms with Gasteiger partial charge in [-0.1, -0.05) is 29.4 Å². The highest BCUT2D eigenvalue weighted by atomic mass is 19.4. The minimum atomic E-state index is -4.63. The Kier molecular flexibility index (Phi) is 3.20. The maximum atomic E-state index is 12.4. The zero-order valence-electron chi connectivity index (χ0n) is 10.6. The molecule has 0 atom stereocenters. The lowest BCUT2D eigenvalue weighted by Gasteiger charge is -2.02. The molecule has 0 unspecified atom stereocenters. The second-order valence-electron chi connectivity index (χ2n) is 4.32. The van der Waals surface area contributed by atoms with E-state index in [1.807, 2.05) is 12.3 Å². The molecule has 0 amide bonds. The molecule has 0 radical (unpaired) electrons. The third-order valence-corrected chi connectivity index (χ3v) is 2.78. The fourth-order valence-corrected chi connectivity index (χ4v) is 1.80. The molecule has 0 fully saturated rings. The third kappa shape index (κ3) is 2.93. The highest BCUT2D eigenvalue weighted by Gasteiger charge is 2.38. The SMILES string of the molecule is FC(F)(F)c1nc(-c2ccc(Cn3cccn3)cc2)no1. The fraction of sp³-hybridized carbons (Fsp3) is 0.154. The molecule has 5 nitrogen and oxygen atoms in total. The summed E-state index contributed by atoms with van der Waals surface area (Å²) in [7, 11) is 0. The number of aromatic nitrogens is 4. The van der Waals surface area contributed by atoms with Crippen LogP contribution in [-0.2, 0) is 12.7 Å². The van der Waals surface area contributed by atoms with Gasteiger partial charge < -0.3 is 4.52 Å². The predicted molar refractivity (Wildman–Crippen MR) is 66.1 cm³/mol. The number of rotatable bonds is 3. The van der Waals surface area contributed by atoms with Crippen molar-refractivity contribution >= 4 is 0 Å². The average Bonchev–Trinajstić information content (AvgIpc) is 3.09. The van der Waals surface area contributed by atoms with Crippen LogP contribution in [0.5, 0.6) is 0 Å². The van der Waals surface area contributed by atoms with Gasteiger partial charge in [0.25, 0.3) is 0 Å². The number of benzene rings is 1. The summed E-state index contributed by atoms with van der Waals surface area (Å²) in [6, 6.07) is 8.65. The van der Waals surface area contributed by atoms with E-state index in [9.17, 15) is 13.2 Å². The van der Waals surface area contributed by atoms with Crippen molar-refractivity contribution in [2.24, 2.45) is 0 Å². The molecule has 3 aromatic rings. The zero-order valence-corrected chi connectivity index (χ0v) is 10.6. The number of hydrogen-bond acceptors (Lipinski definition) is 4. The van der Waals surface area contributed by atoms with Gasteiger partial charge in [-0.15, -0.1) is 0 Å². The van der Waals surface area contributed by atoms with Crippen LogP contribution in [-0.4, -0.2) is 19.9 Å². The minimum absolute atomic E-state index is 0.0898. The molecule has 2 aromatic heterocycles. The van der Waals surface area contributed by atoms with E-state index in [4.69, 9.17) is 0 Å². The van der Waals surface area contributed by atoms with Crippen molar-refractivity contribution in [1.82, 2.24) is 19.9 Å². The smallest absolute Gasteiger partial charge is 0.329 e. The minimum Gasteiger partial charge on any atom is -0.329 e. The molecular weight excluding hydrogens is 285 g/mol. The summed E-state index contributed by atoms with van der Waals surface area (Å²) in [5.74, 6) is -1.44. The second kappa shape index (κ2) is 5.04. The first-order valence-corrected chi connectivity index (χ1v) is 6.00. The van der Waals surface area contributed by atoms with Crippen LogP contribution in [0.4, 0.5) is 13.2 Å². The van der Waals surface area contributed by atoms with Crippen molar-refractivity contribution in [3.63, 3.8) is 0 Å². The Hall–Kier alpha value is -2.64. The molecular formula is C13H9F3N4O. The van der Waals surface area contributed by atoms with Gasteiger partial charge in [-0.25, -0.2) is 0 Å². The molecule has 0 spiro atoms. The summed E-state index contributed by atoms with van der Waals surface area (Å²) in [6.07, 6.45) is -1.14. The van der Waals surface area contributed by atoms with E-state index >= 15 is 0 Å². The number of nitrogens with zero attached hydrogens (tertiary/aromatic N) is 4. The Morgan fingerprint density at radius 1 is 1.14 bits per heavy atom. The molecule has 1 aromatic carbocycles. The maximum absolute atomic E-state index is 12.4. The average molecular weight is 294 g/mol. The van der Waals surface area contributed by atoms with Crippen LogP contribution in [0, 0.1) is 0 Å². The van der Waals surface area contributed by atoms with E-state index in [1.165, 1.54) is 0 Å². The van der Waals surface area contributed by atoms with Gasteiger partial charge in [0.05, 0.1) is 6.54 Å². The van der Waals surface area contributed by atoms with E-state index in [0.717, 1.165) is 5.56 Å². The van der Waals surface area contributed by atoms with Gasteiger partial charge in [0, 0.05) is 18.0 Å². The summed E-state index contributed by atoms with van der Waals surface area (Å²) in [5.41, 5.74) is 1.42. The standard InChI is InChI=1S/C13H9F3N4O/c14-13(15,16)12-18-11(19-21-12)10-4-2-9(3-5-10)8-20-7-1-6-17-20/h1-7H,8H2. The lowest BCUT2D eigenvalue weighted by molar-refractivity contribution is -0.159. The predicted octanol–water partition coefficient (Wildman–Crippen LogP) is 3.00. The van der Waals surface area contributed by atoms with E-state index in [1.54, 1.807) is 35.1 Å². The summed E-state index contributed by atoms with van der Waals surface area (Å²) >= 11 is 0. The number of halogens is 3. The molecule has 0 aliphatic rings. The summed E-state index contributed by atoms with van der Waals surface area (Å²) in [4.78, 5) is 3.34. The monoisotopic (exact) mass is 294 g/mol. The first-order chi connectivity index (χ1) is 10.0. The molecule has 21 heavy (non-hydrogen) atoms. The van der Waals surface area contributed by atoms with Gasteiger partial charge in [0.15, 0.2) is 0 Å². The Balaban J connectivity index is 1.79. The highest BCUT2D eigenvalue weighted by Crippen LogP contribution is 2.29. The molecule has 0 aliphatic heterocycles. The third-order valence-electron chi connectivity index (χ3n) is 2.78. The van der Waals surface area contributed by atoms with Gasteiger partial charge in [0.2, 0.25) is 5.82 Å². The molecule has 0 aliphatic carbocycles. The van der Waals surface area contributed by atoms with E-state index in [-0.39, 0.29) is 5.82 Å². The van der Waals surface area contributed by atoms with Crippen LogP contribution in [0.1, 0.15) is 11.5 Å². The van der Waals surface area contributed by atoms with Crippen molar-refractivity contribution in [1.29, 1.82) is 0 Å². The van der Waals surface area contributed by atoms with E-state index < -0.39 is 12.1 Å². The van der Waals surface area contributed by atoms with Crippen molar-refractivity contribution in [2.45, 2.75) is 12.7 Å². The van der Waals surface area contributed by atoms with Gasteiger partial charge in [0.1, 0.15) is 0 Å². The van der Waals surface area contributed by atoms with Crippen LogP contribution in [0.25, 0.3) is 11.4 Å². The van der Waals surface area contributed by atoms with Gasteiger partial charge in [-0.2, -0.15) is 23.3 Å². The van der Waals surface area contributed by atoms with Crippen LogP contribution < -0.4 is 0 Å². The Bertz CT molecular complexity index is 717. The quantitative estimate of drug-likeness (QED) is 0.745. The van der Waals surface area contributed by atoms with Gasteiger partial charge in [-0.3, -0.25) is 4.68 Å². The van der Waals surface area contributed by atoms with Crippen LogP contribution >= 0.6 is 0 Å². The summed E-state index contributed by atoms with van der Waals surface area (Å²) in [6.45, 7) is 0.577. The molecule has 2 heterocycles. The van der Waals surface area contributed by atoms with Crippen molar-refractivity contribution in [2.75, 3.05) is 0 Å². The largest absolute Gasteiger partial charge is 0.471 e. The van der Waals surface area contributed by atoms with Crippen molar-refractivity contribution in [3.8, 4) is 11.4 Å². The summed E-state index contributed by atoms with van der Waals surface area (Å²) in [5, 5.41) is 7.41. The van der Waals surface area contributed by atoms with Gasteiger partial charge in [-0.05, 0) is 11.6 Å². The zero-order chi connectivity index (χ0) is 14.9. The molecule has 0 saturated heterocycles. The van der Waals surface area contributed by atoms with Crippen LogP contribution in [0.15, 0.2) is 47.2 Å². The topological polar surface area (TPSA) is 56.7 Å². The number of alkyl halides is 3. The van der Waals surface area contributed by atoms with Crippen LogP contribution in [0.3, 0.4) is 0 Å². The van der Waals surface area contributed by atoms with Gasteiger partial charge >= 0.3 is 12.1 Å². The fourth-order valence-electron chi connectivity index (χ4n) is 1.80. The number of hydrogen-bond donors (Lipinski definition) is 0. The van der Waals surface area contributed by atoms with E-state index in [2.05, 4.69) is 19.8 Å². The molecule has 0 bridgehead atoms. The Labute approximate surface area is 117 Å². The van der Waals surface area contributed by atoms with Crippen LogP contribution in [0.2, 0.25) is 0 Å². The lowest BCUT2D eigenvalue weighted by atomic mass is 10.1. The first-order valence-electron chi connectivity index (χ1n) is 6.00. The van der Waals surface area contributed by atoms with E-state index in [0.29, 0.717) is 12.1 Å².